The minimum atomic E-state index is -0.656. The van der Waals surface area contributed by atoms with Crippen molar-refractivity contribution in [2.75, 3.05) is 56.6 Å². The lowest BCUT2D eigenvalue weighted by molar-refractivity contribution is -0.118. The molecule has 41 heavy (non-hydrogen) atoms. The van der Waals surface area contributed by atoms with Crippen LogP contribution in [0.2, 0.25) is 0 Å². The van der Waals surface area contributed by atoms with Crippen LogP contribution in [-0.4, -0.2) is 88.8 Å². The van der Waals surface area contributed by atoms with E-state index in [2.05, 4.69) is 35.5 Å². The zero-order valence-electron chi connectivity index (χ0n) is 22.6. The van der Waals surface area contributed by atoms with Crippen LogP contribution in [0.25, 0.3) is 11.0 Å². The Labute approximate surface area is 233 Å². The van der Waals surface area contributed by atoms with Crippen molar-refractivity contribution in [1.29, 1.82) is 0 Å². The predicted molar refractivity (Wildman–Crippen MR) is 143 cm³/mol. The third-order valence-electron chi connectivity index (χ3n) is 8.53. The third kappa shape index (κ3) is 4.54. The van der Waals surface area contributed by atoms with Crippen LogP contribution in [0.1, 0.15) is 29.8 Å². The van der Waals surface area contributed by atoms with Gasteiger partial charge in [0.15, 0.2) is 29.9 Å². The molecule has 1 atom stereocenters. The Morgan fingerprint density at radius 2 is 1.93 bits per heavy atom. The van der Waals surface area contributed by atoms with E-state index in [4.69, 9.17) is 9.47 Å². The topological polar surface area (TPSA) is 138 Å². The van der Waals surface area contributed by atoms with Gasteiger partial charge in [-0.05, 0) is 36.9 Å². The standard InChI is InChI=1S/C27H30F2N8O4/c1-30-5-2-17-32-22-20(28)15-8-14(9-16(15)21(29)23(22)33-17)11-36-6-3-27(4-7-36)13-37(26(39)41-27)18-10-31-25-24(34-18)35-19(38)12-40-25/h10,14,30H,2-9,11-13H2,1H3,(H,32,33)(H,34,35,38). The number of likely N-dealkylation sites (N-methyl/N-ethyl adjacent to an activating group) is 1. The van der Waals surface area contributed by atoms with Crippen molar-refractivity contribution in [3.05, 3.63) is 34.8 Å². The molecule has 14 heteroatoms. The number of halogens is 2. The van der Waals surface area contributed by atoms with Gasteiger partial charge in [-0.2, -0.15) is 0 Å². The van der Waals surface area contributed by atoms with Gasteiger partial charge in [-0.1, -0.05) is 0 Å². The highest BCUT2D eigenvalue weighted by atomic mass is 19.1. The number of carbonyl (C=O) groups is 2. The van der Waals surface area contributed by atoms with Crippen LogP contribution >= 0.6 is 0 Å². The number of H-pyrrole nitrogens is 1. The zero-order valence-corrected chi connectivity index (χ0v) is 22.6. The number of hydrogen-bond acceptors (Lipinski definition) is 9. The van der Waals surface area contributed by atoms with Gasteiger partial charge in [-0.15, -0.1) is 0 Å². The minimum absolute atomic E-state index is 0.0824. The molecule has 5 heterocycles. The van der Waals surface area contributed by atoms with Crippen molar-refractivity contribution in [3.63, 3.8) is 0 Å². The smallest absolute Gasteiger partial charge is 0.416 e. The molecule has 0 saturated carbocycles. The summed E-state index contributed by atoms with van der Waals surface area (Å²) in [6.45, 7) is 2.94. The van der Waals surface area contributed by atoms with Gasteiger partial charge in [-0.3, -0.25) is 9.69 Å². The fourth-order valence-electron chi connectivity index (χ4n) is 6.42. The number of amides is 2. The Morgan fingerprint density at radius 1 is 1.15 bits per heavy atom. The van der Waals surface area contributed by atoms with Gasteiger partial charge >= 0.3 is 6.09 Å². The number of nitrogens with one attached hydrogen (secondary N) is 3. The molecular weight excluding hydrogens is 538 g/mol. The second kappa shape index (κ2) is 9.87. The first kappa shape index (κ1) is 26.0. The summed E-state index contributed by atoms with van der Waals surface area (Å²) in [7, 11) is 1.82. The summed E-state index contributed by atoms with van der Waals surface area (Å²) in [6.07, 6.45) is 3.67. The van der Waals surface area contributed by atoms with Crippen LogP contribution in [-0.2, 0) is 28.8 Å². The first-order chi connectivity index (χ1) is 19.8. The number of aromatic amines is 1. The fourth-order valence-corrected chi connectivity index (χ4v) is 6.42. The Hall–Kier alpha value is -3.91. The molecule has 2 amide bonds. The average Bonchev–Trinajstić information content (AvgIpc) is 3.67. The van der Waals surface area contributed by atoms with Crippen LogP contribution < -0.4 is 20.3 Å². The van der Waals surface area contributed by atoms with E-state index in [1.54, 1.807) is 0 Å². The number of carbonyl (C=O) groups excluding carboxylic acids is 2. The number of benzene rings is 1. The monoisotopic (exact) mass is 568 g/mol. The second-order valence-electron chi connectivity index (χ2n) is 11.3. The van der Waals surface area contributed by atoms with Crippen LogP contribution in [0.4, 0.5) is 25.2 Å². The largest absolute Gasteiger partial charge is 0.465 e. The number of hydrogen-bond donors (Lipinski definition) is 3. The number of rotatable bonds is 6. The molecule has 4 aliphatic rings. The van der Waals surface area contributed by atoms with E-state index in [9.17, 15) is 9.59 Å². The van der Waals surface area contributed by atoms with E-state index in [0.717, 1.165) is 0 Å². The lowest BCUT2D eigenvalue weighted by Crippen LogP contribution is -2.48. The van der Waals surface area contributed by atoms with E-state index in [-0.39, 0.29) is 47.0 Å². The number of nitrogens with zero attached hydrogens (tertiary/aromatic N) is 5. The molecule has 3 N–H and O–H groups in total. The lowest BCUT2D eigenvalue weighted by atomic mass is 9.90. The maximum Gasteiger partial charge on any atom is 0.416 e. The number of likely N-dealkylation sites (tertiary alicyclic amines) is 1. The normalized spacial score (nSPS) is 20.3. The molecule has 3 aliphatic heterocycles. The van der Waals surface area contributed by atoms with Crippen molar-refractivity contribution in [3.8, 4) is 5.88 Å². The Balaban J connectivity index is 0.988. The second-order valence-corrected chi connectivity index (χ2v) is 11.3. The van der Waals surface area contributed by atoms with Crippen LogP contribution in [0.15, 0.2) is 6.20 Å². The van der Waals surface area contributed by atoms with Gasteiger partial charge in [0, 0.05) is 45.4 Å². The highest BCUT2D eigenvalue weighted by Gasteiger charge is 2.48. The summed E-state index contributed by atoms with van der Waals surface area (Å²) in [6, 6.07) is 0. The van der Waals surface area contributed by atoms with E-state index in [1.807, 2.05) is 7.05 Å². The van der Waals surface area contributed by atoms with E-state index in [1.165, 1.54) is 11.1 Å². The van der Waals surface area contributed by atoms with Crippen LogP contribution in [0.5, 0.6) is 5.88 Å². The van der Waals surface area contributed by atoms with Gasteiger partial charge in [0.25, 0.3) is 11.8 Å². The maximum atomic E-state index is 15.4. The van der Waals surface area contributed by atoms with Gasteiger partial charge in [0.2, 0.25) is 0 Å². The molecule has 3 aromatic rings. The highest BCUT2D eigenvalue weighted by molar-refractivity contribution is 5.94. The van der Waals surface area contributed by atoms with Crippen LogP contribution in [0.3, 0.4) is 0 Å². The number of aromatic nitrogens is 4. The summed E-state index contributed by atoms with van der Waals surface area (Å²) in [5, 5.41) is 5.62. The quantitative estimate of drug-likeness (QED) is 0.407. The summed E-state index contributed by atoms with van der Waals surface area (Å²) < 4.78 is 41.9. The first-order valence-corrected chi connectivity index (χ1v) is 13.9. The highest BCUT2D eigenvalue weighted by Crippen LogP contribution is 2.39. The molecule has 1 aliphatic carbocycles. The van der Waals surface area contributed by atoms with Gasteiger partial charge < -0.3 is 30.0 Å². The van der Waals surface area contributed by atoms with Crippen molar-refractivity contribution in [2.45, 2.75) is 37.7 Å². The van der Waals surface area contributed by atoms with E-state index < -0.39 is 23.3 Å². The van der Waals surface area contributed by atoms with Gasteiger partial charge in [0.1, 0.15) is 22.5 Å². The van der Waals surface area contributed by atoms with Gasteiger partial charge in [-0.25, -0.2) is 28.5 Å². The average molecular weight is 569 g/mol. The summed E-state index contributed by atoms with van der Waals surface area (Å²) in [5.41, 5.74) is 0.466. The lowest BCUT2D eigenvalue weighted by Gasteiger charge is -2.38. The van der Waals surface area contributed by atoms with Crippen LogP contribution in [0, 0.1) is 17.6 Å². The van der Waals surface area contributed by atoms with Gasteiger partial charge in [0.05, 0.1) is 12.7 Å². The predicted octanol–water partition coefficient (Wildman–Crippen LogP) is 1.93. The SMILES string of the molecule is CNCCc1nc2c(F)c3c(c(F)c2[nH]1)CC(CN1CCC2(CC1)CN(c1cnc4c(n1)NC(=O)CO4)C(=O)O2)C3. The number of ether oxygens (including phenoxy) is 2. The molecule has 2 saturated heterocycles. The zero-order chi connectivity index (χ0) is 28.3. The molecule has 1 aromatic carbocycles. The third-order valence-corrected chi connectivity index (χ3v) is 8.53. The maximum absolute atomic E-state index is 15.4. The molecule has 2 fully saturated rings. The molecule has 0 bridgehead atoms. The Bertz CT molecular complexity index is 1510. The summed E-state index contributed by atoms with van der Waals surface area (Å²) in [5.74, 6) is 0.175. The molecular formula is C27H30F2N8O4. The van der Waals surface area contributed by atoms with E-state index >= 15 is 8.78 Å². The molecule has 216 valence electrons. The molecule has 1 spiro atoms. The van der Waals surface area contributed by atoms with Crippen molar-refractivity contribution in [2.24, 2.45) is 5.92 Å². The van der Waals surface area contributed by atoms with E-state index in [0.29, 0.717) is 81.8 Å². The van der Waals surface area contributed by atoms with Crippen molar-refractivity contribution < 1.29 is 27.8 Å². The molecule has 12 nitrogen and oxygen atoms in total. The Kier molecular flexibility index (Phi) is 6.27. The number of piperidine rings is 1. The summed E-state index contributed by atoms with van der Waals surface area (Å²) in [4.78, 5) is 44.0. The number of imidazole rings is 1. The summed E-state index contributed by atoms with van der Waals surface area (Å²) >= 11 is 0. The molecule has 1 unspecified atom stereocenters. The van der Waals surface area contributed by atoms with Crippen molar-refractivity contribution >= 4 is 34.7 Å². The number of anilines is 2. The van der Waals surface area contributed by atoms with Crippen molar-refractivity contribution in [1.82, 2.24) is 30.2 Å². The minimum Gasteiger partial charge on any atom is -0.465 e. The fraction of sp³-hybridized carbons (Fsp3) is 0.519. The molecule has 2 aromatic heterocycles. The molecule has 7 rings (SSSR count). The Morgan fingerprint density at radius 3 is 2.71 bits per heavy atom. The number of fused-ring (bicyclic) bond motifs is 3. The first-order valence-electron chi connectivity index (χ1n) is 13.9. The molecule has 0 radical (unpaired) electrons.